The maximum atomic E-state index is 7.39. The first-order valence-electron chi connectivity index (χ1n) is 19.3. The predicted molar refractivity (Wildman–Crippen MR) is 283 cm³/mol. The van der Waals surface area contributed by atoms with Crippen LogP contribution in [0, 0.1) is 0 Å². The zero-order chi connectivity index (χ0) is 41.1. The van der Waals surface area contributed by atoms with E-state index in [0.29, 0.717) is 0 Å². The molecule has 0 saturated carbocycles. The van der Waals surface area contributed by atoms with E-state index in [9.17, 15) is 0 Å². The van der Waals surface area contributed by atoms with E-state index in [4.69, 9.17) is 37.0 Å². The average molecular weight is 1050 g/mol. The molecular weight excluding hydrogens is 966 g/mol. The minimum atomic E-state index is -2.90. The van der Waals surface area contributed by atoms with Crippen LogP contribution in [0.4, 0.5) is 0 Å². The van der Waals surface area contributed by atoms with Gasteiger partial charge in [0.25, 0.3) is 30.0 Å². The molecular formula is C24H86O9Si19. The highest BCUT2D eigenvalue weighted by Crippen LogP contribution is 2.34. The summed E-state index contributed by atoms with van der Waals surface area (Å²) in [6.45, 7) is 50.9. The first-order chi connectivity index (χ1) is 23.0. The standard InChI is InChI=1S/C24H86O9Si19/c1-44(2,3)38-25-35-28-50(19,31-41-47(10,11)12)22-23(51(20,32-42-48(13,14)15)29-36-26-39-45(4,5)6)24(34)52(21,33-43-49(16,17)18)30-37-27-40-46(7,8)9/h22,35-43H2,1-21,34H3. The topological polar surface area (TPSA) is 83.1 Å². The molecule has 9 nitrogen and oxygen atoms in total. The molecule has 0 bridgehead atoms. The Bertz CT molecular complexity index is 1090. The second-order valence-corrected chi connectivity index (χ2v) is 120. The molecule has 28 heteroatoms. The molecule has 0 rings (SSSR count). The van der Waals surface area contributed by atoms with E-state index in [1.807, 2.05) is 0 Å². The summed E-state index contributed by atoms with van der Waals surface area (Å²) in [5.74, 6) is 0. The number of hydrogen-bond acceptors (Lipinski definition) is 9. The SMILES string of the molecule is C[Si](CC(=C([SiH3])[Si](C)(O[SiH2]O[SiH2][Si](C)(C)C)O[SiH2][Si](C)(C)C)[Si](C)(O[SiH2]O[SiH2][Si](C)(C)C)O[SiH2][Si](C)(C)C)(O[SiH2]O[SiH2][Si](C)(C)C)O[SiH2][Si](C)(C)C. The summed E-state index contributed by atoms with van der Waals surface area (Å²) in [6.07, 6.45) is 0. The summed E-state index contributed by atoms with van der Waals surface area (Å²) in [7, 11) is -22.9. The molecule has 0 N–H and O–H groups in total. The van der Waals surface area contributed by atoms with Crippen molar-refractivity contribution in [3.63, 3.8) is 0 Å². The van der Waals surface area contributed by atoms with Crippen molar-refractivity contribution < 1.29 is 37.0 Å². The quantitative estimate of drug-likeness (QED) is 0.0767. The molecule has 0 fully saturated rings. The van der Waals surface area contributed by atoms with Gasteiger partial charge >= 0.3 is 25.7 Å². The highest BCUT2D eigenvalue weighted by Gasteiger charge is 2.49. The molecule has 0 aromatic carbocycles. The van der Waals surface area contributed by atoms with Gasteiger partial charge in [0, 0.05) is 16.3 Å². The van der Waals surface area contributed by atoms with Gasteiger partial charge < -0.3 is 37.0 Å². The molecule has 52 heavy (non-hydrogen) atoms. The summed E-state index contributed by atoms with van der Waals surface area (Å²) in [5, 5.41) is 1.36. The van der Waals surface area contributed by atoms with Crippen LogP contribution in [0.25, 0.3) is 0 Å². The molecule has 0 spiro atoms. The van der Waals surface area contributed by atoms with E-state index in [-0.39, 0.29) is 0 Å². The average Bonchev–Trinajstić information content (AvgIpc) is 2.93. The maximum absolute atomic E-state index is 7.39. The molecule has 3 unspecified atom stereocenters. The Morgan fingerprint density at radius 3 is 1.00 bits per heavy atom. The van der Waals surface area contributed by atoms with Gasteiger partial charge in [-0.3, -0.25) is 0 Å². The zero-order valence-corrected chi connectivity index (χ0v) is 62.0. The van der Waals surface area contributed by atoms with Crippen LogP contribution < -0.4 is 0 Å². The Kier molecular flexibility index (Phi) is 24.5. The van der Waals surface area contributed by atoms with Gasteiger partial charge in [0.1, 0.15) is 55.7 Å². The summed E-state index contributed by atoms with van der Waals surface area (Å²) >= 11 is 0. The number of rotatable bonds is 28. The van der Waals surface area contributed by atoms with Crippen LogP contribution >= 0.6 is 0 Å². The van der Waals surface area contributed by atoms with E-state index in [2.05, 4.69) is 137 Å². The van der Waals surface area contributed by atoms with Crippen LogP contribution in [0.15, 0.2) is 10.0 Å². The molecule has 0 heterocycles. The summed E-state index contributed by atoms with van der Waals surface area (Å²) in [5.41, 5.74) is 0. The Labute approximate surface area is 354 Å². The van der Waals surface area contributed by atoms with E-state index in [1.54, 1.807) is 0 Å². The van der Waals surface area contributed by atoms with Gasteiger partial charge in [-0.2, -0.15) is 0 Å². The van der Waals surface area contributed by atoms with Gasteiger partial charge in [-0.1, -0.05) is 123 Å². The summed E-state index contributed by atoms with van der Waals surface area (Å²) in [4.78, 5) is 1.40. The van der Waals surface area contributed by atoms with Crippen molar-refractivity contribution in [1.29, 1.82) is 0 Å². The van der Waals surface area contributed by atoms with Crippen molar-refractivity contribution in [1.82, 2.24) is 0 Å². The van der Waals surface area contributed by atoms with Gasteiger partial charge in [0.05, 0.1) is 45.5 Å². The number of hydrogen-bond donors (Lipinski definition) is 0. The fraction of sp³-hybridized carbons (Fsp3) is 0.917. The van der Waals surface area contributed by atoms with E-state index >= 15 is 0 Å². The molecule has 0 radical (unpaired) electrons. The Morgan fingerprint density at radius 2 is 0.654 bits per heavy atom. The van der Waals surface area contributed by atoms with Crippen LogP contribution in [0.1, 0.15) is 0 Å². The van der Waals surface area contributed by atoms with E-state index in [0.717, 1.165) is 16.3 Å². The Morgan fingerprint density at radius 1 is 0.365 bits per heavy atom. The minimum absolute atomic E-state index is 0.551. The lowest BCUT2D eigenvalue weighted by molar-refractivity contribution is 0.373. The lowest BCUT2D eigenvalue weighted by atomic mass is 10.7. The van der Waals surface area contributed by atoms with Crippen molar-refractivity contribution in [3.05, 3.63) is 10.0 Å². The van der Waals surface area contributed by atoms with Crippen LogP contribution in [-0.2, 0) is 37.0 Å². The van der Waals surface area contributed by atoms with Crippen LogP contribution in [0.2, 0.25) is 144 Å². The monoisotopic (exact) mass is 1050 g/mol. The second-order valence-electron chi connectivity index (χ2n) is 22.4. The fourth-order valence-corrected chi connectivity index (χ4v) is 83.3. The third-order valence-corrected chi connectivity index (χ3v) is 67.7. The van der Waals surface area contributed by atoms with Crippen molar-refractivity contribution in [2.45, 2.75) is 144 Å². The molecule has 0 aliphatic heterocycles. The van der Waals surface area contributed by atoms with Crippen molar-refractivity contribution >= 4 is 167 Å². The van der Waals surface area contributed by atoms with Gasteiger partial charge in [-0.25, -0.2) is 0 Å². The first kappa shape index (κ1) is 55.5. The van der Waals surface area contributed by atoms with Crippen molar-refractivity contribution in [3.8, 4) is 0 Å². The predicted octanol–water partition coefficient (Wildman–Crippen LogP) is -0.442. The molecule has 312 valence electrons. The third kappa shape index (κ3) is 28.1. The van der Waals surface area contributed by atoms with Gasteiger partial charge in [-0.15, -0.1) is 0 Å². The molecule has 0 aliphatic rings. The molecule has 0 aliphatic carbocycles. The zero-order valence-electron chi connectivity index (χ0n) is 38.2. The molecule has 0 aromatic heterocycles. The fourth-order valence-electron chi connectivity index (χ4n) is 4.44. The highest BCUT2D eigenvalue weighted by molar-refractivity contribution is 7.24. The highest BCUT2D eigenvalue weighted by atomic mass is 29.2. The van der Waals surface area contributed by atoms with Gasteiger partial charge in [-0.05, 0) is 24.8 Å². The summed E-state index contributed by atoms with van der Waals surface area (Å²) < 4.78 is 63.0. The minimum Gasteiger partial charge on any atom is -0.449 e. The largest absolute Gasteiger partial charge is 0.449 e. The second kappa shape index (κ2) is 22.9. The Hall–Kier alpha value is 3.50. The van der Waals surface area contributed by atoms with Gasteiger partial charge in [0.15, 0.2) is 0 Å². The molecule has 0 aromatic rings. The number of allylic oxidation sites excluding steroid dienone is 1. The van der Waals surface area contributed by atoms with Gasteiger partial charge in [0.2, 0.25) is 0 Å². The van der Waals surface area contributed by atoms with E-state index in [1.165, 1.54) is 10.0 Å². The lowest BCUT2D eigenvalue weighted by Crippen LogP contribution is -2.56. The molecule has 0 amide bonds. The Balaban J connectivity index is 7.51. The van der Waals surface area contributed by atoms with Crippen LogP contribution in [0.5, 0.6) is 0 Å². The normalized spacial score (nSPS) is 20.2. The molecule has 3 atom stereocenters. The maximum Gasteiger partial charge on any atom is 0.344 e. The summed E-state index contributed by atoms with van der Waals surface area (Å²) in [6, 6.07) is 0.784. The van der Waals surface area contributed by atoms with E-state index < -0.39 is 157 Å². The van der Waals surface area contributed by atoms with Crippen molar-refractivity contribution in [2.75, 3.05) is 0 Å². The third-order valence-electron chi connectivity index (χ3n) is 7.44. The first-order valence-corrected chi connectivity index (χ1v) is 69.3. The van der Waals surface area contributed by atoms with Crippen molar-refractivity contribution in [2.24, 2.45) is 0 Å². The molecule has 0 saturated heterocycles. The van der Waals surface area contributed by atoms with Crippen LogP contribution in [0.3, 0.4) is 0 Å². The smallest absolute Gasteiger partial charge is 0.344 e. The lowest BCUT2D eigenvalue weighted by Gasteiger charge is -2.41. The van der Waals surface area contributed by atoms with Crippen LogP contribution in [-0.4, -0.2) is 167 Å².